The van der Waals surface area contributed by atoms with Crippen molar-refractivity contribution >= 4 is 21.8 Å². The average Bonchev–Trinajstić information content (AvgIpc) is 2.92. The monoisotopic (exact) mass is 293 g/mol. The van der Waals surface area contributed by atoms with Crippen LogP contribution in [0.5, 0.6) is 0 Å². The molecule has 1 saturated carbocycles. The minimum absolute atomic E-state index is 0.121. The Hall–Kier alpha value is -0.830. The molecule has 1 aromatic carbocycles. The SMILES string of the molecule is O=C1NC[C@H](c2ccccc2Br)C12CCCC2. The lowest BCUT2D eigenvalue weighted by molar-refractivity contribution is -0.127. The fraction of sp³-hybridized carbons (Fsp3) is 0.500. The molecule has 1 saturated heterocycles. The van der Waals surface area contributed by atoms with E-state index in [4.69, 9.17) is 0 Å². The van der Waals surface area contributed by atoms with Crippen molar-refractivity contribution in [2.24, 2.45) is 5.41 Å². The fourth-order valence-electron chi connectivity index (χ4n) is 3.47. The van der Waals surface area contributed by atoms with Crippen molar-refractivity contribution in [3.05, 3.63) is 34.3 Å². The summed E-state index contributed by atoms with van der Waals surface area (Å²) >= 11 is 3.62. The second-order valence-electron chi connectivity index (χ2n) is 5.15. The van der Waals surface area contributed by atoms with Gasteiger partial charge in [0.05, 0.1) is 5.41 Å². The Bertz CT molecular complexity index is 451. The lowest BCUT2D eigenvalue weighted by atomic mass is 9.73. The van der Waals surface area contributed by atoms with Gasteiger partial charge in [-0.3, -0.25) is 4.79 Å². The normalized spacial score (nSPS) is 26.4. The molecule has 17 heavy (non-hydrogen) atoms. The average molecular weight is 294 g/mol. The van der Waals surface area contributed by atoms with E-state index in [1.165, 1.54) is 18.4 Å². The van der Waals surface area contributed by atoms with Crippen LogP contribution < -0.4 is 5.32 Å². The van der Waals surface area contributed by atoms with Gasteiger partial charge in [0.2, 0.25) is 5.91 Å². The number of carbonyl (C=O) groups excluding carboxylic acids is 1. The Kier molecular flexibility index (Phi) is 2.74. The van der Waals surface area contributed by atoms with E-state index in [2.05, 4.69) is 39.4 Å². The Morgan fingerprint density at radius 1 is 1.24 bits per heavy atom. The van der Waals surface area contributed by atoms with E-state index in [1.54, 1.807) is 0 Å². The van der Waals surface area contributed by atoms with Gasteiger partial charge < -0.3 is 5.32 Å². The Morgan fingerprint density at radius 2 is 1.94 bits per heavy atom. The third-order valence-electron chi connectivity index (χ3n) is 4.36. The molecule has 1 atom stereocenters. The van der Waals surface area contributed by atoms with Gasteiger partial charge in [-0.25, -0.2) is 0 Å². The van der Waals surface area contributed by atoms with Crippen LogP contribution in [0.1, 0.15) is 37.2 Å². The van der Waals surface area contributed by atoms with Crippen LogP contribution in [0.2, 0.25) is 0 Å². The molecule has 0 radical (unpaired) electrons. The van der Waals surface area contributed by atoms with Gasteiger partial charge in [0.15, 0.2) is 0 Å². The molecule has 0 aromatic heterocycles. The quantitative estimate of drug-likeness (QED) is 0.846. The van der Waals surface area contributed by atoms with Crippen LogP contribution in [0.25, 0.3) is 0 Å². The van der Waals surface area contributed by atoms with Crippen LogP contribution in [0.15, 0.2) is 28.7 Å². The first-order chi connectivity index (χ1) is 8.24. The van der Waals surface area contributed by atoms with Gasteiger partial charge in [-0.15, -0.1) is 0 Å². The summed E-state index contributed by atoms with van der Waals surface area (Å²) in [4.78, 5) is 12.2. The molecule has 1 spiro atoms. The first-order valence-electron chi connectivity index (χ1n) is 6.27. The van der Waals surface area contributed by atoms with Crippen LogP contribution in [-0.2, 0) is 4.79 Å². The third-order valence-corrected chi connectivity index (χ3v) is 5.08. The van der Waals surface area contributed by atoms with Crippen molar-refractivity contribution in [2.45, 2.75) is 31.6 Å². The fourth-order valence-corrected chi connectivity index (χ4v) is 4.03. The molecule has 90 valence electrons. The molecule has 1 N–H and O–H groups in total. The first kappa shape index (κ1) is 11.3. The summed E-state index contributed by atoms with van der Waals surface area (Å²) < 4.78 is 1.13. The zero-order valence-corrected chi connectivity index (χ0v) is 11.3. The molecule has 1 aliphatic carbocycles. The molecule has 3 heteroatoms. The number of hydrogen-bond acceptors (Lipinski definition) is 1. The van der Waals surface area contributed by atoms with Gasteiger partial charge in [0, 0.05) is 16.9 Å². The van der Waals surface area contributed by atoms with Crippen LogP contribution in [-0.4, -0.2) is 12.5 Å². The van der Waals surface area contributed by atoms with Crippen molar-refractivity contribution in [3.63, 3.8) is 0 Å². The predicted molar refractivity (Wildman–Crippen MR) is 70.8 cm³/mol. The van der Waals surface area contributed by atoms with Crippen LogP contribution in [0, 0.1) is 5.41 Å². The van der Waals surface area contributed by atoms with Gasteiger partial charge in [0.25, 0.3) is 0 Å². The van der Waals surface area contributed by atoms with Crippen LogP contribution in [0.3, 0.4) is 0 Å². The maximum absolute atomic E-state index is 12.2. The van der Waals surface area contributed by atoms with Crippen molar-refractivity contribution in [2.75, 3.05) is 6.54 Å². The van der Waals surface area contributed by atoms with Crippen molar-refractivity contribution < 1.29 is 4.79 Å². The lowest BCUT2D eigenvalue weighted by Crippen LogP contribution is -2.31. The van der Waals surface area contributed by atoms with E-state index in [9.17, 15) is 4.79 Å². The van der Waals surface area contributed by atoms with E-state index in [-0.39, 0.29) is 11.3 Å². The molecule has 3 rings (SSSR count). The molecule has 2 aliphatic rings. The van der Waals surface area contributed by atoms with Crippen LogP contribution >= 0.6 is 15.9 Å². The summed E-state index contributed by atoms with van der Waals surface area (Å²) in [5.74, 6) is 0.615. The predicted octanol–water partition coefficient (Wildman–Crippen LogP) is 3.22. The highest BCUT2D eigenvalue weighted by atomic mass is 79.9. The van der Waals surface area contributed by atoms with Gasteiger partial charge in [-0.2, -0.15) is 0 Å². The smallest absolute Gasteiger partial charge is 0.226 e. The summed E-state index contributed by atoms with van der Waals surface area (Å²) in [6, 6.07) is 8.31. The number of carbonyl (C=O) groups is 1. The van der Waals surface area contributed by atoms with Gasteiger partial charge in [-0.1, -0.05) is 47.0 Å². The van der Waals surface area contributed by atoms with E-state index < -0.39 is 0 Å². The van der Waals surface area contributed by atoms with Crippen molar-refractivity contribution in [1.82, 2.24) is 5.32 Å². The topological polar surface area (TPSA) is 29.1 Å². The molecule has 0 unspecified atom stereocenters. The van der Waals surface area contributed by atoms with Crippen LogP contribution in [0.4, 0.5) is 0 Å². The minimum atomic E-state index is -0.121. The molecule has 2 fully saturated rings. The maximum atomic E-state index is 12.2. The number of benzene rings is 1. The largest absolute Gasteiger partial charge is 0.355 e. The highest BCUT2D eigenvalue weighted by Gasteiger charge is 2.52. The standard InChI is InChI=1S/C14H16BrNO/c15-12-6-2-1-5-10(12)11-9-16-13(17)14(11)7-3-4-8-14/h1-2,5-6,11H,3-4,7-9H2,(H,16,17)/t11-/m1/s1. The highest BCUT2D eigenvalue weighted by molar-refractivity contribution is 9.10. The molecular weight excluding hydrogens is 278 g/mol. The molecule has 0 bridgehead atoms. The number of hydrogen-bond donors (Lipinski definition) is 1. The molecule has 1 amide bonds. The van der Waals surface area contributed by atoms with E-state index >= 15 is 0 Å². The lowest BCUT2D eigenvalue weighted by Gasteiger charge is -2.28. The Labute approximate surface area is 110 Å². The summed E-state index contributed by atoms with van der Waals surface area (Å²) in [6.45, 7) is 0.793. The number of rotatable bonds is 1. The Morgan fingerprint density at radius 3 is 2.65 bits per heavy atom. The van der Waals surface area contributed by atoms with Crippen molar-refractivity contribution in [3.8, 4) is 0 Å². The maximum Gasteiger partial charge on any atom is 0.226 e. The summed E-state index contributed by atoms with van der Waals surface area (Å²) in [5, 5.41) is 3.07. The molecule has 1 heterocycles. The second-order valence-corrected chi connectivity index (χ2v) is 6.00. The van der Waals surface area contributed by atoms with E-state index in [0.29, 0.717) is 5.92 Å². The molecule has 1 aromatic rings. The Balaban J connectivity index is 2.03. The number of halogens is 1. The summed E-state index contributed by atoms with van der Waals surface area (Å²) in [6.07, 6.45) is 4.47. The zero-order valence-electron chi connectivity index (χ0n) is 9.71. The molecular formula is C14H16BrNO. The zero-order chi connectivity index (χ0) is 11.9. The van der Waals surface area contributed by atoms with Crippen molar-refractivity contribution in [1.29, 1.82) is 0 Å². The highest BCUT2D eigenvalue weighted by Crippen LogP contribution is 2.52. The van der Waals surface area contributed by atoms with E-state index in [1.807, 2.05) is 6.07 Å². The van der Waals surface area contributed by atoms with E-state index in [0.717, 1.165) is 23.9 Å². The number of nitrogens with one attached hydrogen (secondary N) is 1. The van der Waals surface area contributed by atoms with Gasteiger partial charge in [-0.05, 0) is 24.5 Å². The minimum Gasteiger partial charge on any atom is -0.355 e. The first-order valence-corrected chi connectivity index (χ1v) is 7.06. The number of amides is 1. The summed E-state index contributed by atoms with van der Waals surface area (Å²) in [5.41, 5.74) is 1.16. The van der Waals surface area contributed by atoms with Gasteiger partial charge >= 0.3 is 0 Å². The molecule has 2 nitrogen and oxygen atoms in total. The van der Waals surface area contributed by atoms with Gasteiger partial charge in [0.1, 0.15) is 0 Å². The third kappa shape index (κ3) is 1.63. The summed E-state index contributed by atoms with van der Waals surface area (Å²) in [7, 11) is 0. The second kappa shape index (κ2) is 4.13. The molecule has 1 aliphatic heterocycles.